The summed E-state index contributed by atoms with van der Waals surface area (Å²) in [5, 5.41) is 2.97. The number of rotatable bonds is 7. The number of carbonyl (C=O) groups is 2. The highest BCUT2D eigenvalue weighted by atomic mass is 16.2. The van der Waals surface area contributed by atoms with Crippen LogP contribution in [0.25, 0.3) is 0 Å². The molecule has 0 aromatic heterocycles. The van der Waals surface area contributed by atoms with Crippen LogP contribution in [0.2, 0.25) is 0 Å². The van der Waals surface area contributed by atoms with Crippen LogP contribution in [0.3, 0.4) is 0 Å². The van der Waals surface area contributed by atoms with Crippen molar-refractivity contribution >= 4 is 11.8 Å². The number of piperazine rings is 1. The van der Waals surface area contributed by atoms with E-state index in [1.54, 1.807) is 0 Å². The second-order valence-electron chi connectivity index (χ2n) is 6.47. The number of amides is 2. The molecule has 1 saturated heterocycles. The normalized spacial score (nSPS) is 30.6. The van der Waals surface area contributed by atoms with Gasteiger partial charge in [0, 0.05) is 6.54 Å². The molecule has 1 heterocycles. The highest BCUT2D eigenvalue weighted by Crippen LogP contribution is 2.37. The van der Waals surface area contributed by atoms with Crippen molar-refractivity contribution in [3.63, 3.8) is 0 Å². The quantitative estimate of drug-likeness (QED) is 0.728. The van der Waals surface area contributed by atoms with E-state index in [2.05, 4.69) is 12.2 Å². The first-order valence-electron chi connectivity index (χ1n) is 8.17. The summed E-state index contributed by atoms with van der Waals surface area (Å²) in [5.74, 6) is 0.561. The molecule has 0 spiro atoms. The third-order valence-electron chi connectivity index (χ3n) is 4.92. The average molecular weight is 280 g/mol. The molecule has 4 nitrogen and oxygen atoms in total. The van der Waals surface area contributed by atoms with E-state index in [-0.39, 0.29) is 17.9 Å². The summed E-state index contributed by atoms with van der Waals surface area (Å²) in [6.07, 6.45) is 7.34. The van der Waals surface area contributed by atoms with Crippen LogP contribution < -0.4 is 5.32 Å². The number of hydrogen-bond donors (Lipinski definition) is 1. The van der Waals surface area contributed by atoms with E-state index in [4.69, 9.17) is 0 Å². The van der Waals surface area contributed by atoms with E-state index in [1.807, 2.05) is 18.7 Å². The maximum absolute atomic E-state index is 12.7. The van der Waals surface area contributed by atoms with Crippen LogP contribution in [0.4, 0.5) is 0 Å². The summed E-state index contributed by atoms with van der Waals surface area (Å²) < 4.78 is 0. The number of nitrogens with zero attached hydrogens (tertiary/aromatic N) is 1. The minimum atomic E-state index is -0.658. The van der Waals surface area contributed by atoms with Gasteiger partial charge in [-0.05, 0) is 38.5 Å². The van der Waals surface area contributed by atoms with Crippen molar-refractivity contribution in [2.75, 3.05) is 6.54 Å². The van der Waals surface area contributed by atoms with Crippen LogP contribution in [-0.2, 0) is 9.59 Å². The summed E-state index contributed by atoms with van der Waals surface area (Å²) in [7, 11) is 0. The Labute approximate surface area is 122 Å². The molecule has 4 heteroatoms. The summed E-state index contributed by atoms with van der Waals surface area (Å²) in [4.78, 5) is 27.0. The zero-order chi connectivity index (χ0) is 14.8. The van der Waals surface area contributed by atoms with Gasteiger partial charge in [0.15, 0.2) is 0 Å². The Kier molecular flexibility index (Phi) is 4.71. The van der Waals surface area contributed by atoms with Gasteiger partial charge in [-0.25, -0.2) is 0 Å². The molecule has 2 fully saturated rings. The van der Waals surface area contributed by atoms with Crippen LogP contribution >= 0.6 is 0 Å². The lowest BCUT2D eigenvalue weighted by atomic mass is 9.89. The van der Waals surface area contributed by atoms with Gasteiger partial charge in [0.25, 0.3) is 0 Å². The van der Waals surface area contributed by atoms with Crippen molar-refractivity contribution in [1.29, 1.82) is 0 Å². The lowest BCUT2D eigenvalue weighted by molar-refractivity contribution is -0.157. The van der Waals surface area contributed by atoms with Crippen molar-refractivity contribution in [1.82, 2.24) is 10.2 Å². The molecule has 0 aromatic carbocycles. The lowest BCUT2D eigenvalue weighted by Crippen LogP contribution is -2.69. The molecule has 1 saturated carbocycles. The highest BCUT2D eigenvalue weighted by molar-refractivity contribution is 5.99. The van der Waals surface area contributed by atoms with Crippen LogP contribution in [-0.4, -0.2) is 34.8 Å². The largest absolute Gasteiger partial charge is 0.342 e. The van der Waals surface area contributed by atoms with Gasteiger partial charge in [-0.1, -0.05) is 33.1 Å². The fraction of sp³-hybridized carbons (Fsp3) is 0.875. The Hall–Kier alpha value is -1.06. The molecule has 0 bridgehead atoms. The number of hydrogen-bond acceptors (Lipinski definition) is 2. The summed E-state index contributed by atoms with van der Waals surface area (Å²) in [6, 6.07) is -0.256. The number of carbonyl (C=O) groups excluding carboxylic acids is 2. The standard InChI is InChI=1S/C16H28N2O2/c1-4-6-7-8-11-18-14(19)13(12-9-10-12)17-15(20)16(18,3)5-2/h12-13H,4-11H2,1-3H3,(H,17,20). The molecule has 114 valence electrons. The van der Waals surface area contributed by atoms with E-state index >= 15 is 0 Å². The van der Waals surface area contributed by atoms with Gasteiger partial charge in [-0.2, -0.15) is 0 Å². The van der Waals surface area contributed by atoms with E-state index in [1.165, 1.54) is 12.8 Å². The Morgan fingerprint density at radius 2 is 1.90 bits per heavy atom. The molecule has 1 aliphatic carbocycles. The third-order valence-corrected chi connectivity index (χ3v) is 4.92. The molecular weight excluding hydrogens is 252 g/mol. The number of unbranched alkanes of at least 4 members (excludes halogenated alkanes) is 3. The minimum absolute atomic E-state index is 0.0343. The van der Waals surface area contributed by atoms with Crippen molar-refractivity contribution in [3.05, 3.63) is 0 Å². The summed E-state index contributed by atoms with van der Waals surface area (Å²) in [6.45, 7) is 6.80. The third kappa shape index (κ3) is 2.84. The monoisotopic (exact) mass is 280 g/mol. The van der Waals surface area contributed by atoms with Crippen molar-refractivity contribution in [2.45, 2.75) is 77.3 Å². The Morgan fingerprint density at radius 3 is 2.45 bits per heavy atom. The summed E-state index contributed by atoms with van der Waals surface area (Å²) in [5.41, 5.74) is -0.658. The van der Waals surface area contributed by atoms with Crippen LogP contribution in [0.1, 0.15) is 65.7 Å². The maximum Gasteiger partial charge on any atom is 0.246 e. The first-order chi connectivity index (χ1) is 9.54. The molecular formula is C16H28N2O2. The first-order valence-corrected chi connectivity index (χ1v) is 8.17. The SMILES string of the molecule is CCCCCCN1C(=O)C(C2CC2)NC(=O)C1(C)CC. The van der Waals surface area contributed by atoms with E-state index < -0.39 is 5.54 Å². The second-order valence-corrected chi connectivity index (χ2v) is 6.47. The zero-order valence-corrected chi connectivity index (χ0v) is 13.1. The molecule has 0 aromatic rings. The fourth-order valence-corrected chi connectivity index (χ4v) is 3.05. The summed E-state index contributed by atoms with van der Waals surface area (Å²) >= 11 is 0. The molecule has 2 unspecified atom stereocenters. The predicted molar refractivity (Wildman–Crippen MR) is 79.2 cm³/mol. The van der Waals surface area contributed by atoms with Crippen LogP contribution in [0.15, 0.2) is 0 Å². The van der Waals surface area contributed by atoms with E-state index in [9.17, 15) is 9.59 Å². The molecule has 2 rings (SSSR count). The molecule has 2 amide bonds. The maximum atomic E-state index is 12.7. The van der Waals surface area contributed by atoms with Gasteiger partial charge < -0.3 is 10.2 Å². The predicted octanol–water partition coefficient (Wildman–Crippen LogP) is 2.47. The minimum Gasteiger partial charge on any atom is -0.342 e. The van der Waals surface area contributed by atoms with Crippen molar-refractivity contribution < 1.29 is 9.59 Å². The molecule has 2 aliphatic rings. The van der Waals surface area contributed by atoms with Gasteiger partial charge in [0.05, 0.1) is 0 Å². The second kappa shape index (κ2) is 6.15. The molecule has 2 atom stereocenters. The molecule has 1 aliphatic heterocycles. The zero-order valence-electron chi connectivity index (χ0n) is 13.1. The van der Waals surface area contributed by atoms with Gasteiger partial charge in [0.1, 0.15) is 11.6 Å². The fourth-order valence-electron chi connectivity index (χ4n) is 3.05. The van der Waals surface area contributed by atoms with Gasteiger partial charge >= 0.3 is 0 Å². The Balaban J connectivity index is 2.07. The Morgan fingerprint density at radius 1 is 1.20 bits per heavy atom. The lowest BCUT2D eigenvalue weighted by Gasteiger charge is -2.46. The molecule has 0 radical (unpaired) electrons. The van der Waals surface area contributed by atoms with Gasteiger partial charge in [-0.3, -0.25) is 9.59 Å². The van der Waals surface area contributed by atoms with E-state index in [0.29, 0.717) is 12.3 Å². The number of nitrogens with one attached hydrogen (secondary N) is 1. The smallest absolute Gasteiger partial charge is 0.246 e. The van der Waals surface area contributed by atoms with Crippen molar-refractivity contribution in [2.24, 2.45) is 5.92 Å². The van der Waals surface area contributed by atoms with Crippen LogP contribution in [0.5, 0.6) is 0 Å². The highest BCUT2D eigenvalue weighted by Gasteiger charge is 2.51. The van der Waals surface area contributed by atoms with E-state index in [0.717, 1.165) is 32.2 Å². The van der Waals surface area contributed by atoms with Gasteiger partial charge in [0.2, 0.25) is 11.8 Å². The van der Waals surface area contributed by atoms with Gasteiger partial charge in [-0.15, -0.1) is 0 Å². The van der Waals surface area contributed by atoms with Crippen molar-refractivity contribution in [3.8, 4) is 0 Å². The first kappa shape index (κ1) is 15.3. The Bertz CT molecular complexity index is 379. The molecule has 20 heavy (non-hydrogen) atoms. The topological polar surface area (TPSA) is 49.4 Å². The molecule has 1 N–H and O–H groups in total. The van der Waals surface area contributed by atoms with Crippen LogP contribution in [0, 0.1) is 5.92 Å². The average Bonchev–Trinajstić information content (AvgIpc) is 3.26.